The van der Waals surface area contributed by atoms with E-state index in [4.69, 9.17) is 13.9 Å². The van der Waals surface area contributed by atoms with Crippen LogP contribution < -0.4 is 9.47 Å². The van der Waals surface area contributed by atoms with Gasteiger partial charge in [0.2, 0.25) is 0 Å². The van der Waals surface area contributed by atoms with Crippen molar-refractivity contribution in [2.75, 3.05) is 7.11 Å². The molecule has 1 saturated carbocycles. The third-order valence-electron chi connectivity index (χ3n) is 5.71. The summed E-state index contributed by atoms with van der Waals surface area (Å²) in [6.07, 6.45) is 0.257. The zero-order valence-electron chi connectivity index (χ0n) is 18.9. The lowest BCUT2D eigenvalue weighted by Crippen LogP contribution is -2.12. The molecule has 0 aliphatic heterocycles. The van der Waals surface area contributed by atoms with Gasteiger partial charge in [0.05, 0.1) is 31.2 Å². The van der Waals surface area contributed by atoms with Crippen molar-refractivity contribution in [3.05, 3.63) is 77.5 Å². The average Bonchev–Trinajstić information content (AvgIpc) is 3.48. The first-order chi connectivity index (χ1) is 16.4. The van der Waals surface area contributed by atoms with E-state index in [0.29, 0.717) is 11.5 Å². The second-order valence-corrected chi connectivity index (χ2v) is 8.35. The predicted octanol–water partition coefficient (Wildman–Crippen LogP) is 6.49. The molecule has 1 aliphatic rings. The minimum absolute atomic E-state index is 0.141. The van der Waals surface area contributed by atoms with Crippen LogP contribution in [0.4, 0.5) is 13.2 Å². The molecule has 0 bridgehead atoms. The molecule has 0 saturated heterocycles. The quantitative estimate of drug-likeness (QED) is 0.371. The molecule has 1 fully saturated rings. The first kappa shape index (κ1) is 23.7. The Morgan fingerprint density at radius 3 is 2.56 bits per heavy atom. The number of hydrogen-bond donors (Lipinski definition) is 0. The van der Waals surface area contributed by atoms with Gasteiger partial charge in [0, 0.05) is 12.0 Å². The van der Waals surface area contributed by atoms with E-state index in [2.05, 4.69) is 16.8 Å². The second-order valence-electron chi connectivity index (χ2n) is 8.35. The van der Waals surface area contributed by atoms with E-state index in [1.807, 2.05) is 48.5 Å². The SMILES string of the molecule is COc1ccc(C(C#Cc2ccccc2)Cc2nc(CC(F)(F)F)co2)cc1OC1CCCC1. The third-order valence-corrected chi connectivity index (χ3v) is 5.71. The summed E-state index contributed by atoms with van der Waals surface area (Å²) in [4.78, 5) is 4.04. The number of rotatable bonds is 7. The van der Waals surface area contributed by atoms with Gasteiger partial charge in [0.1, 0.15) is 6.26 Å². The number of alkyl halides is 3. The number of hydrogen-bond acceptors (Lipinski definition) is 4. The van der Waals surface area contributed by atoms with Gasteiger partial charge in [0.25, 0.3) is 0 Å². The lowest BCUT2D eigenvalue weighted by Gasteiger charge is -2.18. The van der Waals surface area contributed by atoms with Crippen LogP contribution in [-0.2, 0) is 12.8 Å². The molecule has 1 heterocycles. The number of aromatic nitrogens is 1. The van der Waals surface area contributed by atoms with E-state index in [0.717, 1.165) is 43.1 Å². The number of nitrogens with zero attached hydrogens (tertiary/aromatic N) is 1. The highest BCUT2D eigenvalue weighted by Gasteiger charge is 2.30. The van der Waals surface area contributed by atoms with E-state index in [9.17, 15) is 13.2 Å². The summed E-state index contributed by atoms with van der Waals surface area (Å²) in [6, 6.07) is 15.1. The fraction of sp³-hybridized carbons (Fsp3) is 0.370. The highest BCUT2D eigenvalue weighted by atomic mass is 19.4. The normalized spacial score (nSPS) is 14.9. The van der Waals surface area contributed by atoms with Crippen molar-refractivity contribution < 1.29 is 27.1 Å². The summed E-state index contributed by atoms with van der Waals surface area (Å²) >= 11 is 0. The second kappa shape index (κ2) is 10.7. The maximum absolute atomic E-state index is 12.7. The van der Waals surface area contributed by atoms with Gasteiger partial charge in [-0.25, -0.2) is 4.98 Å². The molecule has 1 unspecified atom stereocenters. The largest absolute Gasteiger partial charge is 0.493 e. The van der Waals surface area contributed by atoms with Crippen molar-refractivity contribution in [3.63, 3.8) is 0 Å². The number of methoxy groups -OCH3 is 1. The lowest BCUT2D eigenvalue weighted by molar-refractivity contribution is -0.127. The molecule has 4 rings (SSSR count). The highest BCUT2D eigenvalue weighted by Crippen LogP contribution is 2.35. The highest BCUT2D eigenvalue weighted by molar-refractivity contribution is 5.47. The molecule has 0 radical (unpaired) electrons. The Balaban J connectivity index is 1.63. The van der Waals surface area contributed by atoms with Gasteiger partial charge in [0.15, 0.2) is 17.4 Å². The molecule has 3 aromatic rings. The van der Waals surface area contributed by atoms with Crippen molar-refractivity contribution in [3.8, 4) is 23.3 Å². The van der Waals surface area contributed by atoms with Crippen LogP contribution in [-0.4, -0.2) is 24.4 Å². The first-order valence-electron chi connectivity index (χ1n) is 11.3. The maximum Gasteiger partial charge on any atom is 0.394 e. The van der Waals surface area contributed by atoms with Gasteiger partial charge in [-0.15, -0.1) is 0 Å². The maximum atomic E-state index is 12.7. The lowest BCUT2D eigenvalue weighted by atomic mass is 9.95. The van der Waals surface area contributed by atoms with E-state index in [1.54, 1.807) is 7.11 Å². The van der Waals surface area contributed by atoms with E-state index in [-0.39, 0.29) is 30.0 Å². The minimum Gasteiger partial charge on any atom is -0.493 e. The average molecular weight is 470 g/mol. The van der Waals surface area contributed by atoms with E-state index < -0.39 is 12.6 Å². The molecular weight excluding hydrogens is 443 g/mol. The van der Waals surface area contributed by atoms with Crippen LogP contribution in [0, 0.1) is 11.8 Å². The van der Waals surface area contributed by atoms with Crippen molar-refractivity contribution in [1.29, 1.82) is 0 Å². The van der Waals surface area contributed by atoms with Crippen molar-refractivity contribution in [1.82, 2.24) is 4.98 Å². The minimum atomic E-state index is -4.34. The Hall–Kier alpha value is -3.40. The summed E-state index contributed by atoms with van der Waals surface area (Å²) in [6.45, 7) is 0. The van der Waals surface area contributed by atoms with Gasteiger partial charge < -0.3 is 13.9 Å². The summed E-state index contributed by atoms with van der Waals surface area (Å²) in [5, 5.41) is 0. The van der Waals surface area contributed by atoms with Crippen molar-refractivity contribution in [2.45, 2.75) is 56.7 Å². The molecule has 2 aromatic carbocycles. The van der Waals surface area contributed by atoms with Crippen LogP contribution in [0.15, 0.2) is 59.2 Å². The standard InChI is InChI=1S/C27H26F3NO3/c1-32-24-14-13-20(15-25(24)34-23-9-5-6-10-23)21(12-11-19-7-3-2-4-8-19)16-26-31-22(18-33-26)17-27(28,29)30/h2-4,7-8,13-15,18,21,23H,5-6,9-10,16-17H2,1H3. The summed E-state index contributed by atoms with van der Waals surface area (Å²) < 4.78 is 55.3. The van der Waals surface area contributed by atoms with Gasteiger partial charge >= 0.3 is 6.18 Å². The Kier molecular flexibility index (Phi) is 7.46. The fourth-order valence-electron chi connectivity index (χ4n) is 4.04. The molecular formula is C27H26F3NO3. The van der Waals surface area contributed by atoms with E-state index in [1.165, 1.54) is 0 Å². The smallest absolute Gasteiger partial charge is 0.394 e. The van der Waals surface area contributed by atoms with Crippen LogP contribution in [0.3, 0.4) is 0 Å². The fourth-order valence-corrected chi connectivity index (χ4v) is 4.04. The van der Waals surface area contributed by atoms with Crippen molar-refractivity contribution in [2.24, 2.45) is 0 Å². The molecule has 1 aromatic heterocycles. The third kappa shape index (κ3) is 6.57. The van der Waals surface area contributed by atoms with Crippen LogP contribution in [0.1, 0.15) is 54.3 Å². The molecule has 178 valence electrons. The predicted molar refractivity (Wildman–Crippen MR) is 122 cm³/mol. The number of benzene rings is 2. The monoisotopic (exact) mass is 469 g/mol. The molecule has 0 amide bonds. The van der Waals surface area contributed by atoms with Gasteiger partial charge in [-0.05, 0) is 55.5 Å². The number of oxazole rings is 1. The van der Waals surface area contributed by atoms with Gasteiger partial charge in [-0.3, -0.25) is 0 Å². The number of ether oxygens (including phenoxy) is 2. The molecule has 0 N–H and O–H groups in total. The van der Waals surface area contributed by atoms with Gasteiger partial charge in [-0.2, -0.15) is 13.2 Å². The molecule has 4 nitrogen and oxygen atoms in total. The molecule has 1 atom stereocenters. The Morgan fingerprint density at radius 1 is 1.09 bits per heavy atom. The van der Waals surface area contributed by atoms with Crippen LogP contribution >= 0.6 is 0 Å². The Morgan fingerprint density at radius 2 is 1.85 bits per heavy atom. The molecule has 34 heavy (non-hydrogen) atoms. The Bertz CT molecular complexity index is 1140. The summed E-state index contributed by atoms with van der Waals surface area (Å²) in [5.74, 6) is 7.52. The zero-order valence-corrected chi connectivity index (χ0v) is 18.9. The number of halogens is 3. The van der Waals surface area contributed by atoms with Crippen LogP contribution in [0.5, 0.6) is 11.5 Å². The summed E-state index contributed by atoms with van der Waals surface area (Å²) in [5.41, 5.74) is 1.55. The zero-order chi connectivity index (χ0) is 24.0. The van der Waals surface area contributed by atoms with Crippen molar-refractivity contribution >= 4 is 0 Å². The first-order valence-corrected chi connectivity index (χ1v) is 11.3. The van der Waals surface area contributed by atoms with Gasteiger partial charge in [-0.1, -0.05) is 36.1 Å². The van der Waals surface area contributed by atoms with Crippen LogP contribution in [0.2, 0.25) is 0 Å². The topological polar surface area (TPSA) is 44.5 Å². The van der Waals surface area contributed by atoms with Crippen LogP contribution in [0.25, 0.3) is 0 Å². The molecule has 7 heteroatoms. The molecule has 0 spiro atoms. The van der Waals surface area contributed by atoms with E-state index >= 15 is 0 Å². The summed E-state index contributed by atoms with van der Waals surface area (Å²) in [7, 11) is 1.60. The Labute approximate surface area is 197 Å². The molecule has 1 aliphatic carbocycles.